The maximum atomic E-state index is 13.1. The topological polar surface area (TPSA) is 21.3 Å². The first-order valence-electron chi connectivity index (χ1n) is 6.92. The molecule has 1 unspecified atom stereocenters. The Hall–Kier alpha value is -1.87. The second-order valence-corrected chi connectivity index (χ2v) is 5.32. The van der Waals surface area contributed by atoms with Crippen molar-refractivity contribution in [3.63, 3.8) is 0 Å². The molecule has 2 aromatic carbocycles. The Morgan fingerprint density at radius 1 is 1.25 bits per heavy atom. The minimum atomic E-state index is -0.190. The number of benzene rings is 2. The molecule has 3 heteroatoms. The first kappa shape index (κ1) is 13.1. The normalized spacial score (nSPS) is 16.8. The number of halogens is 1. The van der Waals surface area contributed by atoms with Crippen LogP contribution in [0.3, 0.4) is 0 Å². The average Bonchev–Trinajstić information content (AvgIpc) is 2.80. The van der Waals surface area contributed by atoms with Gasteiger partial charge in [-0.25, -0.2) is 4.39 Å². The average molecular weight is 271 g/mol. The highest BCUT2D eigenvalue weighted by molar-refractivity contribution is 5.40. The molecule has 0 amide bonds. The van der Waals surface area contributed by atoms with Crippen LogP contribution >= 0.6 is 0 Å². The molecule has 1 aliphatic rings. The van der Waals surface area contributed by atoms with Crippen molar-refractivity contribution < 1.29 is 9.13 Å². The molecule has 1 N–H and O–H groups in total. The number of rotatable bonds is 4. The van der Waals surface area contributed by atoms with Gasteiger partial charge in [-0.3, -0.25) is 0 Å². The van der Waals surface area contributed by atoms with Gasteiger partial charge < -0.3 is 10.1 Å². The van der Waals surface area contributed by atoms with E-state index in [1.807, 2.05) is 12.1 Å². The number of hydrogen-bond acceptors (Lipinski definition) is 2. The number of ether oxygens (including phenoxy) is 1. The van der Waals surface area contributed by atoms with Crippen LogP contribution in [0.4, 0.5) is 4.39 Å². The molecule has 2 aromatic rings. The van der Waals surface area contributed by atoms with Crippen LogP contribution in [-0.4, -0.2) is 12.6 Å². The molecule has 2 nitrogen and oxygen atoms in total. The van der Waals surface area contributed by atoms with E-state index in [9.17, 15) is 4.39 Å². The molecular weight excluding hydrogens is 253 g/mol. The lowest BCUT2D eigenvalue weighted by Gasteiger charge is -2.12. The Kier molecular flexibility index (Phi) is 3.70. The summed E-state index contributed by atoms with van der Waals surface area (Å²) in [5, 5.41) is 3.33. The third-order valence-corrected chi connectivity index (χ3v) is 3.55. The second-order valence-electron chi connectivity index (χ2n) is 5.32. The minimum Gasteiger partial charge on any atom is -0.488 e. The largest absolute Gasteiger partial charge is 0.488 e. The van der Waals surface area contributed by atoms with Crippen molar-refractivity contribution in [1.82, 2.24) is 5.32 Å². The molecule has 0 radical (unpaired) electrons. The molecule has 1 aliphatic heterocycles. The van der Waals surface area contributed by atoms with Crippen LogP contribution in [0.5, 0.6) is 5.75 Å². The summed E-state index contributed by atoms with van der Waals surface area (Å²) in [6.07, 6.45) is 1.10. The molecule has 0 bridgehead atoms. The second kappa shape index (κ2) is 5.63. The van der Waals surface area contributed by atoms with Crippen molar-refractivity contribution in [2.24, 2.45) is 0 Å². The molecule has 20 heavy (non-hydrogen) atoms. The van der Waals surface area contributed by atoms with Crippen LogP contribution in [0, 0.1) is 12.7 Å². The Labute approximate surface area is 118 Å². The van der Waals surface area contributed by atoms with E-state index >= 15 is 0 Å². The van der Waals surface area contributed by atoms with Crippen LogP contribution in [0.25, 0.3) is 0 Å². The number of hydrogen-bond donors (Lipinski definition) is 1. The zero-order valence-corrected chi connectivity index (χ0v) is 11.5. The van der Waals surface area contributed by atoms with Gasteiger partial charge in [0.1, 0.15) is 17.7 Å². The van der Waals surface area contributed by atoms with E-state index in [1.165, 1.54) is 17.2 Å². The van der Waals surface area contributed by atoms with Crippen LogP contribution in [0.1, 0.15) is 16.7 Å². The summed E-state index contributed by atoms with van der Waals surface area (Å²) in [6, 6.07) is 13.0. The summed E-state index contributed by atoms with van der Waals surface area (Å²) < 4.78 is 18.9. The molecule has 1 heterocycles. The quantitative estimate of drug-likeness (QED) is 0.922. The lowest BCUT2D eigenvalue weighted by molar-refractivity contribution is 0.227. The fourth-order valence-corrected chi connectivity index (χ4v) is 2.59. The molecule has 0 fully saturated rings. The lowest BCUT2D eigenvalue weighted by Crippen LogP contribution is -2.29. The maximum absolute atomic E-state index is 13.1. The van der Waals surface area contributed by atoms with Gasteiger partial charge in [0.15, 0.2) is 0 Å². The molecule has 1 atom stereocenters. The SMILES string of the molecule is Cc1ccc2c(c1)CC(CNCc1cccc(F)c1)O2. The summed E-state index contributed by atoms with van der Waals surface area (Å²) >= 11 is 0. The van der Waals surface area contributed by atoms with Crippen LogP contribution in [0.2, 0.25) is 0 Å². The highest BCUT2D eigenvalue weighted by Gasteiger charge is 2.22. The van der Waals surface area contributed by atoms with Gasteiger partial charge in [0.25, 0.3) is 0 Å². The highest BCUT2D eigenvalue weighted by atomic mass is 19.1. The zero-order chi connectivity index (χ0) is 13.9. The maximum Gasteiger partial charge on any atom is 0.123 e. The standard InChI is InChI=1S/C17H18FNO/c1-12-5-6-17-14(7-12)9-16(20-17)11-19-10-13-3-2-4-15(18)8-13/h2-8,16,19H,9-11H2,1H3. The zero-order valence-electron chi connectivity index (χ0n) is 11.5. The highest BCUT2D eigenvalue weighted by Crippen LogP contribution is 2.29. The van der Waals surface area contributed by atoms with Crippen molar-refractivity contribution in [3.05, 3.63) is 65.0 Å². The van der Waals surface area contributed by atoms with Crippen molar-refractivity contribution in [2.75, 3.05) is 6.54 Å². The molecule has 0 saturated heterocycles. The molecule has 3 rings (SSSR count). The van der Waals surface area contributed by atoms with Crippen molar-refractivity contribution in [2.45, 2.75) is 26.0 Å². The fraction of sp³-hybridized carbons (Fsp3) is 0.294. The molecular formula is C17H18FNO. The van der Waals surface area contributed by atoms with Gasteiger partial charge in [-0.15, -0.1) is 0 Å². The van der Waals surface area contributed by atoms with E-state index < -0.39 is 0 Å². The van der Waals surface area contributed by atoms with Crippen LogP contribution < -0.4 is 10.1 Å². The predicted molar refractivity (Wildman–Crippen MR) is 77.4 cm³/mol. The Balaban J connectivity index is 1.51. The molecule has 0 aromatic heterocycles. The van der Waals surface area contributed by atoms with E-state index in [-0.39, 0.29) is 11.9 Å². The lowest BCUT2D eigenvalue weighted by atomic mass is 10.1. The number of nitrogens with one attached hydrogen (secondary N) is 1. The summed E-state index contributed by atoms with van der Waals surface area (Å²) in [7, 11) is 0. The van der Waals surface area contributed by atoms with Gasteiger partial charge in [-0.05, 0) is 36.2 Å². The third kappa shape index (κ3) is 2.99. The summed E-state index contributed by atoms with van der Waals surface area (Å²) in [5.74, 6) is 0.803. The van der Waals surface area contributed by atoms with Crippen molar-refractivity contribution >= 4 is 0 Å². The summed E-state index contributed by atoms with van der Waals surface area (Å²) in [6.45, 7) is 3.52. The third-order valence-electron chi connectivity index (χ3n) is 3.55. The summed E-state index contributed by atoms with van der Waals surface area (Å²) in [5.41, 5.74) is 3.50. The first-order valence-corrected chi connectivity index (χ1v) is 6.92. The van der Waals surface area contributed by atoms with Crippen LogP contribution in [0.15, 0.2) is 42.5 Å². The Morgan fingerprint density at radius 2 is 2.15 bits per heavy atom. The van der Waals surface area contributed by atoms with E-state index in [0.29, 0.717) is 6.54 Å². The van der Waals surface area contributed by atoms with Gasteiger partial charge in [-0.1, -0.05) is 29.8 Å². The molecule has 0 saturated carbocycles. The first-order chi connectivity index (χ1) is 9.70. The van der Waals surface area contributed by atoms with Crippen molar-refractivity contribution in [3.8, 4) is 5.75 Å². The fourth-order valence-electron chi connectivity index (χ4n) is 2.59. The Morgan fingerprint density at radius 3 is 3.00 bits per heavy atom. The smallest absolute Gasteiger partial charge is 0.123 e. The van der Waals surface area contributed by atoms with E-state index in [4.69, 9.17) is 4.74 Å². The number of aryl methyl sites for hydroxylation is 1. The van der Waals surface area contributed by atoms with Crippen molar-refractivity contribution in [1.29, 1.82) is 0 Å². The van der Waals surface area contributed by atoms with Gasteiger partial charge >= 0.3 is 0 Å². The summed E-state index contributed by atoms with van der Waals surface area (Å²) in [4.78, 5) is 0. The Bertz CT molecular complexity index is 612. The molecule has 0 spiro atoms. The predicted octanol–water partition coefficient (Wildman–Crippen LogP) is 3.23. The van der Waals surface area contributed by atoms with E-state index in [1.54, 1.807) is 12.1 Å². The van der Waals surface area contributed by atoms with Gasteiger partial charge in [0.2, 0.25) is 0 Å². The van der Waals surface area contributed by atoms with Gasteiger partial charge in [0, 0.05) is 19.5 Å². The molecule has 0 aliphatic carbocycles. The minimum absolute atomic E-state index is 0.167. The number of fused-ring (bicyclic) bond motifs is 1. The molecule has 104 valence electrons. The van der Waals surface area contributed by atoms with Crippen LogP contribution in [-0.2, 0) is 13.0 Å². The van der Waals surface area contributed by atoms with Gasteiger partial charge in [0.05, 0.1) is 0 Å². The van der Waals surface area contributed by atoms with E-state index in [0.717, 1.165) is 24.3 Å². The van der Waals surface area contributed by atoms with Gasteiger partial charge in [-0.2, -0.15) is 0 Å². The monoisotopic (exact) mass is 271 g/mol. The van der Waals surface area contributed by atoms with E-state index in [2.05, 4.69) is 24.4 Å².